The predicted molar refractivity (Wildman–Crippen MR) is 99.8 cm³/mol. The van der Waals surface area contributed by atoms with Crippen molar-refractivity contribution in [3.8, 4) is 0 Å². The number of aryl methyl sites for hydroxylation is 2. The van der Waals surface area contributed by atoms with Crippen molar-refractivity contribution in [3.05, 3.63) is 52.4 Å². The van der Waals surface area contributed by atoms with Gasteiger partial charge in [0, 0.05) is 37.2 Å². The first-order valence-electron chi connectivity index (χ1n) is 8.84. The first-order chi connectivity index (χ1) is 12.3. The number of amides is 2. The quantitative estimate of drug-likeness (QED) is 0.826. The van der Waals surface area contributed by atoms with E-state index in [1.807, 2.05) is 39.8 Å². The monoisotopic (exact) mass is 357 g/mol. The molecular formula is C20H27N3O3. The van der Waals surface area contributed by atoms with Gasteiger partial charge in [-0.2, -0.15) is 0 Å². The summed E-state index contributed by atoms with van der Waals surface area (Å²) < 4.78 is 5.11. The summed E-state index contributed by atoms with van der Waals surface area (Å²) >= 11 is 0. The average molecular weight is 357 g/mol. The van der Waals surface area contributed by atoms with Crippen molar-refractivity contribution in [1.29, 1.82) is 0 Å². The summed E-state index contributed by atoms with van der Waals surface area (Å²) in [4.78, 5) is 26.0. The molecule has 0 aliphatic heterocycles. The first kappa shape index (κ1) is 19.7. The molecule has 0 saturated heterocycles. The van der Waals surface area contributed by atoms with E-state index in [2.05, 4.69) is 10.5 Å². The average Bonchev–Trinajstić information content (AvgIpc) is 2.95. The lowest BCUT2D eigenvalue weighted by molar-refractivity contribution is -0.121. The zero-order chi connectivity index (χ0) is 19.3. The fraction of sp³-hybridized carbons (Fsp3) is 0.450. The zero-order valence-electron chi connectivity index (χ0n) is 16.1. The Morgan fingerprint density at radius 1 is 1.19 bits per heavy atom. The van der Waals surface area contributed by atoms with Gasteiger partial charge < -0.3 is 14.7 Å². The Morgan fingerprint density at radius 3 is 2.38 bits per heavy atom. The predicted octanol–water partition coefficient (Wildman–Crippen LogP) is 3.02. The van der Waals surface area contributed by atoms with E-state index in [0.717, 1.165) is 22.6 Å². The van der Waals surface area contributed by atoms with E-state index in [0.29, 0.717) is 24.9 Å². The lowest BCUT2D eigenvalue weighted by Crippen LogP contribution is -2.32. The second-order valence-corrected chi connectivity index (χ2v) is 6.79. The molecule has 2 rings (SSSR count). The summed E-state index contributed by atoms with van der Waals surface area (Å²) in [6.45, 7) is 8.12. The maximum Gasteiger partial charge on any atom is 0.253 e. The van der Waals surface area contributed by atoms with Crippen molar-refractivity contribution in [2.24, 2.45) is 0 Å². The molecule has 6 heteroatoms. The Balaban J connectivity index is 1.84. The third kappa shape index (κ3) is 4.94. The maximum atomic E-state index is 12.3. The molecule has 0 atom stereocenters. The van der Waals surface area contributed by atoms with Gasteiger partial charge in [0.25, 0.3) is 5.91 Å². The van der Waals surface area contributed by atoms with Crippen LogP contribution in [0.1, 0.15) is 53.2 Å². The second kappa shape index (κ2) is 8.65. The third-order valence-electron chi connectivity index (χ3n) is 4.57. The first-order valence-corrected chi connectivity index (χ1v) is 8.84. The van der Waals surface area contributed by atoms with E-state index >= 15 is 0 Å². The highest BCUT2D eigenvalue weighted by atomic mass is 16.5. The number of benzene rings is 1. The molecule has 0 spiro atoms. The van der Waals surface area contributed by atoms with Crippen LogP contribution in [0.2, 0.25) is 0 Å². The summed E-state index contributed by atoms with van der Waals surface area (Å²) in [5.41, 5.74) is 3.44. The van der Waals surface area contributed by atoms with Crippen LogP contribution in [0.25, 0.3) is 0 Å². The minimum Gasteiger partial charge on any atom is -0.361 e. The lowest BCUT2D eigenvalue weighted by Gasteiger charge is -2.21. The van der Waals surface area contributed by atoms with Gasteiger partial charge in [-0.3, -0.25) is 9.59 Å². The number of aromatic nitrogens is 1. The molecule has 1 N–H and O–H groups in total. The number of hydrogen-bond donors (Lipinski definition) is 1. The summed E-state index contributed by atoms with van der Waals surface area (Å²) in [5.74, 6) is 0.738. The third-order valence-corrected chi connectivity index (χ3v) is 4.57. The van der Waals surface area contributed by atoms with Crippen LogP contribution in [-0.4, -0.2) is 35.0 Å². The van der Waals surface area contributed by atoms with Crippen molar-refractivity contribution in [1.82, 2.24) is 15.4 Å². The van der Waals surface area contributed by atoms with Crippen molar-refractivity contribution in [2.75, 3.05) is 7.05 Å². The smallest absolute Gasteiger partial charge is 0.253 e. The molecule has 6 nitrogen and oxygen atoms in total. The van der Waals surface area contributed by atoms with E-state index in [9.17, 15) is 9.59 Å². The molecule has 1 heterocycles. The molecule has 140 valence electrons. The van der Waals surface area contributed by atoms with Gasteiger partial charge in [0.15, 0.2) is 0 Å². The molecule has 2 amide bonds. The van der Waals surface area contributed by atoms with E-state index in [-0.39, 0.29) is 17.9 Å². The molecule has 1 aromatic heterocycles. The minimum atomic E-state index is -0.0234. The van der Waals surface area contributed by atoms with Crippen LogP contribution in [0.4, 0.5) is 0 Å². The van der Waals surface area contributed by atoms with Gasteiger partial charge in [0.05, 0.1) is 5.69 Å². The molecule has 26 heavy (non-hydrogen) atoms. The molecule has 2 aromatic rings. The summed E-state index contributed by atoms with van der Waals surface area (Å²) in [6, 6.07) is 7.49. The highest BCUT2D eigenvalue weighted by Crippen LogP contribution is 2.14. The minimum absolute atomic E-state index is 0.00459. The number of rotatable bonds is 7. The number of nitrogens with one attached hydrogen (secondary N) is 1. The van der Waals surface area contributed by atoms with E-state index in [1.165, 1.54) is 0 Å². The number of hydrogen-bond acceptors (Lipinski definition) is 4. The zero-order valence-corrected chi connectivity index (χ0v) is 16.1. The maximum absolute atomic E-state index is 12.3. The molecule has 0 aliphatic carbocycles. The molecule has 0 bridgehead atoms. The van der Waals surface area contributed by atoms with Crippen LogP contribution in [0.15, 0.2) is 28.8 Å². The fourth-order valence-corrected chi connectivity index (χ4v) is 2.59. The molecule has 0 radical (unpaired) electrons. The second-order valence-electron chi connectivity index (χ2n) is 6.79. The molecular weight excluding hydrogens is 330 g/mol. The van der Waals surface area contributed by atoms with Gasteiger partial charge >= 0.3 is 0 Å². The van der Waals surface area contributed by atoms with Gasteiger partial charge in [-0.25, -0.2) is 0 Å². The fourth-order valence-electron chi connectivity index (χ4n) is 2.59. The van der Waals surface area contributed by atoms with Gasteiger partial charge in [0.1, 0.15) is 5.76 Å². The van der Waals surface area contributed by atoms with E-state index in [4.69, 9.17) is 4.52 Å². The van der Waals surface area contributed by atoms with Crippen LogP contribution in [0.3, 0.4) is 0 Å². The standard InChI is InChI=1S/C20H27N3O3/c1-13(2)23(5)20(25)17-8-6-16(7-9-17)12-21-19(24)11-10-18-14(3)22-26-15(18)4/h6-9,13H,10-12H2,1-5H3,(H,21,24). The molecule has 0 aliphatic rings. The van der Waals surface area contributed by atoms with Crippen LogP contribution >= 0.6 is 0 Å². The van der Waals surface area contributed by atoms with Crippen molar-refractivity contribution in [2.45, 2.75) is 53.1 Å². The van der Waals surface area contributed by atoms with E-state index in [1.54, 1.807) is 24.1 Å². The van der Waals surface area contributed by atoms with Gasteiger partial charge in [0.2, 0.25) is 5.91 Å². The number of nitrogens with zero attached hydrogens (tertiary/aromatic N) is 2. The Hall–Kier alpha value is -2.63. The molecule has 0 fully saturated rings. The van der Waals surface area contributed by atoms with Crippen molar-refractivity contribution < 1.29 is 14.1 Å². The van der Waals surface area contributed by atoms with Gasteiger partial charge in [-0.15, -0.1) is 0 Å². The topological polar surface area (TPSA) is 75.4 Å². The van der Waals surface area contributed by atoms with Crippen LogP contribution < -0.4 is 5.32 Å². The van der Waals surface area contributed by atoms with Crippen molar-refractivity contribution in [3.63, 3.8) is 0 Å². The highest BCUT2D eigenvalue weighted by molar-refractivity contribution is 5.94. The van der Waals surface area contributed by atoms with Crippen LogP contribution in [0, 0.1) is 13.8 Å². The summed E-state index contributed by atoms with van der Waals surface area (Å²) in [5, 5.41) is 6.80. The largest absolute Gasteiger partial charge is 0.361 e. The molecule has 1 aromatic carbocycles. The van der Waals surface area contributed by atoms with Crippen molar-refractivity contribution >= 4 is 11.8 Å². The van der Waals surface area contributed by atoms with Gasteiger partial charge in [-0.05, 0) is 51.8 Å². The van der Waals surface area contributed by atoms with Crippen LogP contribution in [0.5, 0.6) is 0 Å². The highest BCUT2D eigenvalue weighted by Gasteiger charge is 2.14. The van der Waals surface area contributed by atoms with E-state index < -0.39 is 0 Å². The number of carbonyl (C=O) groups is 2. The Bertz CT molecular complexity index is 744. The lowest BCUT2D eigenvalue weighted by atomic mass is 10.1. The normalized spacial score (nSPS) is 10.8. The summed E-state index contributed by atoms with van der Waals surface area (Å²) in [6.07, 6.45) is 1.00. The number of carbonyl (C=O) groups excluding carboxylic acids is 2. The summed E-state index contributed by atoms with van der Waals surface area (Å²) in [7, 11) is 1.79. The Morgan fingerprint density at radius 2 is 1.85 bits per heavy atom. The SMILES string of the molecule is Cc1noc(C)c1CCC(=O)NCc1ccc(C(=O)N(C)C(C)C)cc1. The Labute approximate surface area is 154 Å². The molecule has 0 unspecified atom stereocenters. The Kier molecular flexibility index (Phi) is 6.55. The van der Waals surface area contributed by atoms with Gasteiger partial charge in [-0.1, -0.05) is 17.3 Å². The molecule has 0 saturated carbocycles. The van der Waals surface area contributed by atoms with Crippen LogP contribution in [-0.2, 0) is 17.8 Å².